The highest BCUT2D eigenvalue weighted by Gasteiger charge is 2.15. The summed E-state index contributed by atoms with van der Waals surface area (Å²) >= 11 is 0. The van der Waals surface area contributed by atoms with Crippen molar-refractivity contribution < 1.29 is 9.53 Å². The van der Waals surface area contributed by atoms with Crippen LogP contribution in [0.15, 0.2) is 24.3 Å². The Hall–Kier alpha value is -1.25. The summed E-state index contributed by atoms with van der Waals surface area (Å²) in [6.07, 6.45) is 0. The molecule has 1 rings (SSSR count). The number of carbonyl (C=O) groups excluding carboxylic acids is 1. The van der Waals surface area contributed by atoms with Crippen LogP contribution >= 0.6 is 0 Å². The summed E-state index contributed by atoms with van der Waals surface area (Å²) < 4.78 is 4.95. The number of ether oxygens (including phenoxy) is 1. The van der Waals surface area contributed by atoms with Gasteiger partial charge in [0.25, 0.3) is 0 Å². The minimum Gasteiger partial charge on any atom is -0.466 e. The van der Waals surface area contributed by atoms with Crippen LogP contribution in [-0.4, -0.2) is 20.4 Å². The Balaban J connectivity index is 2.73. The van der Waals surface area contributed by atoms with Crippen LogP contribution in [0.1, 0.15) is 25.3 Å². The van der Waals surface area contributed by atoms with Crippen molar-refractivity contribution in [2.75, 3.05) is 6.61 Å². The van der Waals surface area contributed by atoms with Gasteiger partial charge in [-0.3, -0.25) is 4.79 Å². The second kappa shape index (κ2) is 4.84. The molecule has 3 heteroatoms. The first-order valence-corrected chi connectivity index (χ1v) is 4.88. The first-order valence-electron chi connectivity index (χ1n) is 4.88. The van der Waals surface area contributed by atoms with Gasteiger partial charge in [-0.1, -0.05) is 29.7 Å². The number of rotatable bonds is 3. The van der Waals surface area contributed by atoms with Gasteiger partial charge in [-0.25, -0.2) is 0 Å². The average Bonchev–Trinajstić information content (AvgIpc) is 2.18. The van der Waals surface area contributed by atoms with Crippen molar-refractivity contribution in [1.29, 1.82) is 0 Å². The maximum Gasteiger partial charge on any atom is 0.313 e. The van der Waals surface area contributed by atoms with Crippen LogP contribution in [0.3, 0.4) is 0 Å². The van der Waals surface area contributed by atoms with E-state index in [9.17, 15) is 4.79 Å². The summed E-state index contributed by atoms with van der Waals surface area (Å²) in [5.41, 5.74) is 2.21. The number of benzene rings is 1. The molecular formula is C11H15BO2. The van der Waals surface area contributed by atoms with E-state index < -0.39 is 0 Å². The summed E-state index contributed by atoms with van der Waals surface area (Å²) in [6.45, 7) is 4.12. The fraction of sp³-hybridized carbons (Fsp3) is 0.364. The molecule has 74 valence electrons. The lowest BCUT2D eigenvalue weighted by molar-refractivity contribution is -0.144. The maximum absolute atomic E-state index is 11.4. The molecule has 0 aromatic heterocycles. The third-order valence-electron chi connectivity index (χ3n) is 2.22. The fourth-order valence-corrected chi connectivity index (χ4v) is 1.26. The molecule has 0 radical (unpaired) electrons. The lowest BCUT2D eigenvalue weighted by Gasteiger charge is -2.10. The predicted octanol–water partition coefficient (Wildman–Crippen LogP) is 0.612. The Kier molecular flexibility index (Phi) is 3.75. The van der Waals surface area contributed by atoms with E-state index in [4.69, 9.17) is 4.74 Å². The van der Waals surface area contributed by atoms with Crippen LogP contribution in [0, 0.1) is 0 Å². The molecule has 0 heterocycles. The van der Waals surface area contributed by atoms with E-state index in [0.29, 0.717) is 6.61 Å². The Labute approximate surface area is 85.7 Å². The fourth-order valence-electron chi connectivity index (χ4n) is 1.26. The quantitative estimate of drug-likeness (QED) is 0.515. The molecule has 0 amide bonds. The van der Waals surface area contributed by atoms with E-state index >= 15 is 0 Å². The minimum absolute atomic E-state index is 0.156. The highest BCUT2D eigenvalue weighted by atomic mass is 16.5. The van der Waals surface area contributed by atoms with Gasteiger partial charge >= 0.3 is 5.97 Å². The smallest absolute Gasteiger partial charge is 0.313 e. The van der Waals surface area contributed by atoms with Crippen molar-refractivity contribution in [1.82, 2.24) is 0 Å². The van der Waals surface area contributed by atoms with Gasteiger partial charge in [0.15, 0.2) is 0 Å². The topological polar surface area (TPSA) is 26.3 Å². The van der Waals surface area contributed by atoms with Gasteiger partial charge in [0.05, 0.1) is 12.5 Å². The molecule has 0 bridgehead atoms. The first kappa shape index (κ1) is 10.8. The SMILES string of the molecule is Bc1ccc(C(C)C(=O)OCC)cc1. The summed E-state index contributed by atoms with van der Waals surface area (Å²) in [5.74, 6) is -0.327. The Morgan fingerprint density at radius 1 is 1.43 bits per heavy atom. The van der Waals surface area contributed by atoms with Crippen LogP contribution in [0.5, 0.6) is 0 Å². The van der Waals surface area contributed by atoms with E-state index in [2.05, 4.69) is 0 Å². The van der Waals surface area contributed by atoms with E-state index in [1.54, 1.807) is 0 Å². The maximum atomic E-state index is 11.4. The molecule has 0 aliphatic heterocycles. The summed E-state index contributed by atoms with van der Waals surface area (Å²) in [4.78, 5) is 11.4. The number of esters is 1. The van der Waals surface area contributed by atoms with Crippen molar-refractivity contribution in [2.45, 2.75) is 19.8 Å². The molecule has 0 aliphatic rings. The van der Waals surface area contributed by atoms with Crippen molar-refractivity contribution in [3.8, 4) is 0 Å². The summed E-state index contributed by atoms with van der Waals surface area (Å²) in [6, 6.07) is 7.95. The van der Waals surface area contributed by atoms with Gasteiger partial charge in [0.2, 0.25) is 0 Å². The van der Waals surface area contributed by atoms with Gasteiger partial charge in [0, 0.05) is 0 Å². The highest BCUT2D eigenvalue weighted by molar-refractivity contribution is 6.32. The summed E-state index contributed by atoms with van der Waals surface area (Å²) in [7, 11) is 2.03. The minimum atomic E-state index is -0.171. The van der Waals surface area contributed by atoms with E-state index in [0.717, 1.165) is 5.56 Å². The molecule has 0 fully saturated rings. The van der Waals surface area contributed by atoms with Gasteiger partial charge in [-0.2, -0.15) is 0 Å². The van der Waals surface area contributed by atoms with Crippen LogP contribution in [0.2, 0.25) is 0 Å². The van der Waals surface area contributed by atoms with E-state index in [1.165, 1.54) is 5.46 Å². The second-order valence-corrected chi connectivity index (χ2v) is 3.38. The van der Waals surface area contributed by atoms with Crippen molar-refractivity contribution in [3.63, 3.8) is 0 Å². The van der Waals surface area contributed by atoms with Crippen LogP contribution in [0.25, 0.3) is 0 Å². The largest absolute Gasteiger partial charge is 0.466 e. The zero-order chi connectivity index (χ0) is 10.6. The van der Waals surface area contributed by atoms with Crippen molar-refractivity contribution >= 4 is 19.3 Å². The molecule has 2 nitrogen and oxygen atoms in total. The molecule has 1 atom stereocenters. The highest BCUT2D eigenvalue weighted by Crippen LogP contribution is 2.15. The van der Waals surface area contributed by atoms with Crippen LogP contribution in [-0.2, 0) is 9.53 Å². The zero-order valence-corrected chi connectivity index (χ0v) is 8.91. The molecular weight excluding hydrogens is 175 g/mol. The van der Waals surface area contributed by atoms with Crippen LogP contribution < -0.4 is 5.46 Å². The number of hydrogen-bond acceptors (Lipinski definition) is 2. The van der Waals surface area contributed by atoms with Gasteiger partial charge in [-0.05, 0) is 19.4 Å². The Bertz CT molecular complexity index is 306. The predicted molar refractivity (Wildman–Crippen MR) is 59.7 cm³/mol. The first-order chi connectivity index (χ1) is 6.65. The molecule has 0 N–H and O–H groups in total. The van der Waals surface area contributed by atoms with Gasteiger partial charge in [0.1, 0.15) is 7.85 Å². The van der Waals surface area contributed by atoms with Gasteiger partial charge in [-0.15, -0.1) is 0 Å². The molecule has 0 saturated carbocycles. The third-order valence-corrected chi connectivity index (χ3v) is 2.22. The molecule has 0 aliphatic carbocycles. The molecule has 1 aromatic rings. The van der Waals surface area contributed by atoms with E-state index in [1.807, 2.05) is 46.0 Å². The molecule has 1 aromatic carbocycles. The average molecular weight is 190 g/mol. The van der Waals surface area contributed by atoms with Crippen molar-refractivity contribution in [2.24, 2.45) is 0 Å². The second-order valence-electron chi connectivity index (χ2n) is 3.38. The monoisotopic (exact) mass is 190 g/mol. The summed E-state index contributed by atoms with van der Waals surface area (Å²) in [5, 5.41) is 0. The molecule has 14 heavy (non-hydrogen) atoms. The zero-order valence-electron chi connectivity index (χ0n) is 8.91. The number of carbonyl (C=O) groups is 1. The molecule has 0 saturated heterocycles. The lowest BCUT2D eigenvalue weighted by Crippen LogP contribution is -2.13. The standard InChI is InChI=1S/C11H15BO2/c1-3-14-11(13)8(2)9-4-6-10(12)7-5-9/h4-8H,3,12H2,1-2H3. The Morgan fingerprint density at radius 2 is 2.00 bits per heavy atom. The van der Waals surface area contributed by atoms with Gasteiger partial charge < -0.3 is 4.74 Å². The molecule has 1 unspecified atom stereocenters. The Morgan fingerprint density at radius 3 is 2.50 bits per heavy atom. The third kappa shape index (κ3) is 2.62. The normalized spacial score (nSPS) is 12.1. The molecule has 0 spiro atoms. The van der Waals surface area contributed by atoms with Crippen molar-refractivity contribution in [3.05, 3.63) is 29.8 Å². The lowest BCUT2D eigenvalue weighted by atomic mass is 9.92. The number of hydrogen-bond donors (Lipinski definition) is 0. The van der Waals surface area contributed by atoms with Crippen LogP contribution in [0.4, 0.5) is 0 Å². The van der Waals surface area contributed by atoms with E-state index in [-0.39, 0.29) is 11.9 Å².